The summed E-state index contributed by atoms with van der Waals surface area (Å²) in [5.41, 5.74) is 1.70. The van der Waals surface area contributed by atoms with Gasteiger partial charge >= 0.3 is 5.97 Å². The molecule has 0 saturated heterocycles. The van der Waals surface area contributed by atoms with E-state index >= 15 is 0 Å². The zero-order valence-corrected chi connectivity index (χ0v) is 19.7. The molecule has 9 nitrogen and oxygen atoms in total. The van der Waals surface area contributed by atoms with Gasteiger partial charge in [-0.2, -0.15) is 0 Å². The minimum atomic E-state index is -3.52. The van der Waals surface area contributed by atoms with Crippen LogP contribution in [0.2, 0.25) is 0 Å². The summed E-state index contributed by atoms with van der Waals surface area (Å²) in [5, 5.41) is 8.87. The van der Waals surface area contributed by atoms with Crippen LogP contribution in [0.5, 0.6) is 0 Å². The average molecular weight is 485 g/mol. The molecule has 11 heteroatoms. The summed E-state index contributed by atoms with van der Waals surface area (Å²) in [7, 11) is -6.88. The van der Waals surface area contributed by atoms with E-state index in [-0.39, 0.29) is 12.2 Å². The maximum atomic E-state index is 11.3. The molecule has 0 radical (unpaired) electrons. The number of ketones is 1. The van der Waals surface area contributed by atoms with Crippen molar-refractivity contribution in [2.45, 2.75) is 31.8 Å². The van der Waals surface area contributed by atoms with Crippen molar-refractivity contribution < 1.29 is 31.5 Å². The molecule has 0 saturated carbocycles. The molecule has 32 heavy (non-hydrogen) atoms. The molecule has 3 N–H and O–H groups in total. The van der Waals surface area contributed by atoms with Gasteiger partial charge in [0.25, 0.3) is 0 Å². The molecule has 0 aliphatic rings. The molecule has 2 rings (SSSR count). The van der Waals surface area contributed by atoms with Crippen molar-refractivity contribution in [1.82, 2.24) is 9.44 Å². The number of hydrogen-bond donors (Lipinski definition) is 3. The molecule has 0 spiro atoms. The van der Waals surface area contributed by atoms with E-state index in [1.165, 1.54) is 6.92 Å². The highest BCUT2D eigenvalue weighted by Gasteiger charge is 2.21. The van der Waals surface area contributed by atoms with Crippen molar-refractivity contribution >= 4 is 31.8 Å². The lowest BCUT2D eigenvalue weighted by molar-refractivity contribution is -0.138. The van der Waals surface area contributed by atoms with Crippen LogP contribution in [0.4, 0.5) is 0 Å². The van der Waals surface area contributed by atoms with Crippen LogP contribution in [0, 0.1) is 0 Å². The number of Topliss-reactive ketones (excluding diaryl/α,β-unsaturated/α-hetero) is 1. The quantitative estimate of drug-likeness (QED) is 0.455. The van der Waals surface area contributed by atoms with Crippen LogP contribution in [0.25, 0.3) is 0 Å². The molecule has 0 aliphatic carbocycles. The Morgan fingerprint density at radius 1 is 0.750 bits per heavy atom. The first kappa shape index (κ1) is 27.4. The molecule has 0 bridgehead atoms. The Balaban J connectivity index is 0.000000320. The maximum Gasteiger partial charge on any atom is 0.322 e. The molecule has 2 atom stereocenters. The van der Waals surface area contributed by atoms with Crippen molar-refractivity contribution in [2.24, 2.45) is 0 Å². The Labute approximate surface area is 189 Å². The Morgan fingerprint density at radius 3 is 1.41 bits per heavy atom. The molecular formula is C21H28N2O7S2. The molecule has 0 amide bonds. The zero-order valence-electron chi connectivity index (χ0n) is 18.1. The van der Waals surface area contributed by atoms with Crippen LogP contribution in [0.1, 0.15) is 18.1 Å². The summed E-state index contributed by atoms with van der Waals surface area (Å²) in [6, 6.07) is 16.3. The summed E-state index contributed by atoms with van der Waals surface area (Å²) in [6.07, 6.45) is 2.49. The highest BCUT2D eigenvalue weighted by molar-refractivity contribution is 7.89. The summed E-state index contributed by atoms with van der Waals surface area (Å²) < 4.78 is 48.5. The molecule has 0 heterocycles. The topological polar surface area (TPSA) is 147 Å². The van der Waals surface area contributed by atoms with E-state index in [0.717, 1.165) is 23.6 Å². The third-order valence-corrected chi connectivity index (χ3v) is 5.49. The lowest BCUT2D eigenvalue weighted by Gasteiger charge is -2.14. The van der Waals surface area contributed by atoms with E-state index in [4.69, 9.17) is 5.11 Å². The third kappa shape index (κ3) is 12.3. The normalized spacial score (nSPS) is 13.3. The average Bonchev–Trinajstić information content (AvgIpc) is 2.67. The maximum absolute atomic E-state index is 11.3. The second-order valence-electron chi connectivity index (χ2n) is 7.21. The Kier molecular flexibility index (Phi) is 10.7. The fourth-order valence-electron chi connectivity index (χ4n) is 2.66. The highest BCUT2D eigenvalue weighted by Crippen LogP contribution is 2.05. The Morgan fingerprint density at radius 2 is 1.09 bits per heavy atom. The number of carboxylic acids is 1. The smallest absolute Gasteiger partial charge is 0.322 e. The van der Waals surface area contributed by atoms with Crippen molar-refractivity contribution in [3.63, 3.8) is 0 Å². The first-order valence-corrected chi connectivity index (χ1v) is 13.3. The van der Waals surface area contributed by atoms with Gasteiger partial charge in [-0.3, -0.25) is 9.59 Å². The monoisotopic (exact) mass is 484 g/mol. The minimum absolute atomic E-state index is 0.128. The van der Waals surface area contributed by atoms with Gasteiger partial charge < -0.3 is 5.11 Å². The van der Waals surface area contributed by atoms with Crippen molar-refractivity contribution in [3.05, 3.63) is 71.8 Å². The number of carboxylic acid groups (broad SMARTS) is 1. The van der Waals surface area contributed by atoms with Gasteiger partial charge in [-0.05, 0) is 30.9 Å². The van der Waals surface area contributed by atoms with Gasteiger partial charge in [-0.15, -0.1) is 0 Å². The largest absolute Gasteiger partial charge is 0.480 e. The summed E-state index contributed by atoms with van der Waals surface area (Å²) in [5.74, 6) is -1.37. The van der Waals surface area contributed by atoms with E-state index in [2.05, 4.69) is 9.44 Å². The first-order valence-electron chi connectivity index (χ1n) is 9.52. The van der Waals surface area contributed by atoms with Gasteiger partial charge in [0.2, 0.25) is 20.0 Å². The van der Waals surface area contributed by atoms with Crippen molar-refractivity contribution in [3.8, 4) is 0 Å². The number of benzene rings is 2. The Hall–Kier alpha value is -2.60. The Bertz CT molecular complexity index is 998. The molecule has 2 unspecified atom stereocenters. The van der Waals surface area contributed by atoms with Crippen LogP contribution >= 0.6 is 0 Å². The van der Waals surface area contributed by atoms with E-state index in [1.54, 1.807) is 24.3 Å². The van der Waals surface area contributed by atoms with Gasteiger partial charge in [0.1, 0.15) is 11.8 Å². The summed E-state index contributed by atoms with van der Waals surface area (Å²) >= 11 is 0. The number of rotatable bonds is 10. The second-order valence-corrected chi connectivity index (χ2v) is 10.8. The predicted octanol–water partition coefficient (Wildman–Crippen LogP) is 0.967. The fraction of sp³-hybridized carbons (Fsp3) is 0.333. The van der Waals surface area contributed by atoms with E-state index in [0.29, 0.717) is 6.42 Å². The predicted molar refractivity (Wildman–Crippen MR) is 122 cm³/mol. The van der Waals surface area contributed by atoms with Gasteiger partial charge in [0, 0.05) is 0 Å². The van der Waals surface area contributed by atoms with Crippen LogP contribution in [0.15, 0.2) is 60.7 Å². The lowest BCUT2D eigenvalue weighted by Crippen LogP contribution is -2.41. The van der Waals surface area contributed by atoms with Gasteiger partial charge in [-0.1, -0.05) is 60.7 Å². The standard InChI is InChI=1S/C11H15NO3S.C10H13NO4S/c1-9(13)11(12-16(2,14)15)8-10-6-4-3-5-7-10;1-16(14,15)11-9(10(12)13)7-8-5-3-2-4-6-8/h3-7,11-12H,8H2,1-2H3;2-6,9,11H,7H2,1H3,(H,12,13). The fourth-order valence-corrected chi connectivity index (χ4v) is 4.13. The van der Waals surface area contributed by atoms with E-state index < -0.39 is 38.1 Å². The minimum Gasteiger partial charge on any atom is -0.480 e. The van der Waals surface area contributed by atoms with Gasteiger partial charge in [-0.25, -0.2) is 26.3 Å². The molecule has 176 valence electrons. The van der Waals surface area contributed by atoms with Crippen LogP contribution in [0.3, 0.4) is 0 Å². The first-order chi connectivity index (χ1) is 14.8. The molecule has 2 aromatic rings. The summed E-state index contributed by atoms with van der Waals surface area (Å²) in [6.45, 7) is 1.38. The van der Waals surface area contributed by atoms with Crippen molar-refractivity contribution in [1.29, 1.82) is 0 Å². The van der Waals surface area contributed by atoms with Crippen molar-refractivity contribution in [2.75, 3.05) is 12.5 Å². The number of hydrogen-bond acceptors (Lipinski definition) is 6. The molecule has 0 aromatic heterocycles. The molecule has 0 fully saturated rings. The molecule has 2 aromatic carbocycles. The number of nitrogens with one attached hydrogen (secondary N) is 2. The lowest BCUT2D eigenvalue weighted by atomic mass is 10.0. The number of carbonyl (C=O) groups excluding carboxylic acids is 1. The number of aliphatic carboxylic acids is 1. The second kappa shape index (κ2) is 12.4. The summed E-state index contributed by atoms with van der Waals surface area (Å²) in [4.78, 5) is 22.2. The van der Waals surface area contributed by atoms with Crippen LogP contribution in [-0.4, -0.2) is 58.3 Å². The number of sulfonamides is 2. The van der Waals surface area contributed by atoms with Crippen LogP contribution in [-0.2, 0) is 42.5 Å². The highest BCUT2D eigenvalue weighted by atomic mass is 32.2. The zero-order chi connectivity index (χ0) is 24.4. The van der Waals surface area contributed by atoms with Gasteiger partial charge in [0.15, 0.2) is 0 Å². The van der Waals surface area contributed by atoms with Crippen LogP contribution < -0.4 is 9.44 Å². The van der Waals surface area contributed by atoms with E-state index in [1.807, 2.05) is 36.4 Å². The molecule has 0 aliphatic heterocycles. The number of carbonyl (C=O) groups is 2. The molecular weight excluding hydrogens is 456 g/mol. The van der Waals surface area contributed by atoms with Gasteiger partial charge in [0.05, 0.1) is 18.6 Å². The van der Waals surface area contributed by atoms with E-state index in [9.17, 15) is 26.4 Å². The SMILES string of the molecule is CC(=O)C(Cc1ccccc1)NS(C)(=O)=O.CS(=O)(=O)NC(Cc1ccccc1)C(=O)O. The third-order valence-electron chi connectivity index (χ3n) is 4.07.